The molecule has 0 radical (unpaired) electrons. The normalized spacial score (nSPS) is 19.6. The number of hydrogen-bond acceptors (Lipinski definition) is 5. The van der Waals surface area contributed by atoms with Crippen LogP contribution in [0.25, 0.3) is 0 Å². The number of carbonyl (C=O) groups is 1. The minimum atomic E-state index is -0.558. The van der Waals surface area contributed by atoms with Crippen molar-refractivity contribution in [2.45, 2.75) is 44.8 Å². The lowest BCUT2D eigenvalue weighted by atomic mass is 9.88. The second kappa shape index (κ2) is 6.50. The van der Waals surface area contributed by atoms with Crippen molar-refractivity contribution < 1.29 is 14.3 Å². The van der Waals surface area contributed by atoms with Gasteiger partial charge in [-0.1, -0.05) is 0 Å². The van der Waals surface area contributed by atoms with Gasteiger partial charge in [-0.3, -0.25) is 10.1 Å². The molecule has 0 spiro atoms. The molecule has 0 unspecified atom stereocenters. The molecule has 2 N–H and O–H groups in total. The number of rotatable bonds is 5. The molecule has 1 saturated heterocycles. The van der Waals surface area contributed by atoms with E-state index in [2.05, 4.69) is 10.6 Å². The van der Waals surface area contributed by atoms with Crippen LogP contribution < -0.4 is 10.6 Å². The zero-order valence-electron chi connectivity index (χ0n) is 12.0. The van der Waals surface area contributed by atoms with Crippen LogP contribution in [0.3, 0.4) is 0 Å². The molecule has 1 aliphatic rings. The van der Waals surface area contributed by atoms with Crippen molar-refractivity contribution in [3.05, 3.63) is 0 Å². The van der Waals surface area contributed by atoms with Crippen molar-refractivity contribution in [1.82, 2.24) is 10.6 Å². The summed E-state index contributed by atoms with van der Waals surface area (Å²) < 4.78 is 10.6. The van der Waals surface area contributed by atoms with Crippen LogP contribution in [-0.2, 0) is 14.3 Å². The van der Waals surface area contributed by atoms with Crippen LogP contribution in [0.4, 0.5) is 0 Å². The van der Waals surface area contributed by atoms with Crippen molar-refractivity contribution in [3.8, 4) is 0 Å². The van der Waals surface area contributed by atoms with Crippen LogP contribution in [0.15, 0.2) is 0 Å². The van der Waals surface area contributed by atoms with Gasteiger partial charge >= 0.3 is 5.97 Å². The summed E-state index contributed by atoms with van der Waals surface area (Å²) in [7, 11) is 1.66. The predicted molar refractivity (Wildman–Crippen MR) is 70.6 cm³/mol. The van der Waals surface area contributed by atoms with Crippen LogP contribution in [0.2, 0.25) is 0 Å². The van der Waals surface area contributed by atoms with Crippen molar-refractivity contribution >= 4 is 5.97 Å². The zero-order chi connectivity index (χ0) is 13.6. The third kappa shape index (κ3) is 4.55. The summed E-state index contributed by atoms with van der Waals surface area (Å²) in [5.41, 5.74) is -1.01. The summed E-state index contributed by atoms with van der Waals surface area (Å²) in [6.07, 6.45) is 1.51. The van der Waals surface area contributed by atoms with E-state index >= 15 is 0 Å². The molecule has 0 aromatic heterocycles. The van der Waals surface area contributed by atoms with Crippen LogP contribution in [0, 0.1) is 0 Å². The highest BCUT2D eigenvalue weighted by molar-refractivity contribution is 5.81. The maximum atomic E-state index is 12.4. The molecule has 0 bridgehead atoms. The molecule has 0 saturated carbocycles. The fourth-order valence-electron chi connectivity index (χ4n) is 2.07. The number of methoxy groups -OCH3 is 1. The van der Waals surface area contributed by atoms with Crippen molar-refractivity contribution in [2.24, 2.45) is 0 Å². The third-order valence-corrected chi connectivity index (χ3v) is 3.02. The molecule has 5 nitrogen and oxygen atoms in total. The number of nitrogens with one attached hydrogen (secondary N) is 2. The maximum absolute atomic E-state index is 12.4. The number of esters is 1. The van der Waals surface area contributed by atoms with Gasteiger partial charge in [-0.15, -0.1) is 0 Å². The van der Waals surface area contributed by atoms with Gasteiger partial charge in [0.2, 0.25) is 0 Å². The van der Waals surface area contributed by atoms with Crippen molar-refractivity contribution in [2.75, 3.05) is 33.4 Å². The van der Waals surface area contributed by atoms with E-state index in [0.29, 0.717) is 13.2 Å². The second-order valence-corrected chi connectivity index (χ2v) is 5.75. The van der Waals surface area contributed by atoms with Crippen molar-refractivity contribution in [3.63, 3.8) is 0 Å². The van der Waals surface area contributed by atoms with Gasteiger partial charge in [0.1, 0.15) is 11.1 Å². The quantitative estimate of drug-likeness (QED) is 0.561. The Labute approximate surface area is 110 Å². The lowest BCUT2D eigenvalue weighted by Crippen LogP contribution is -2.60. The Morgan fingerprint density at radius 3 is 2.44 bits per heavy atom. The Kier molecular flexibility index (Phi) is 5.56. The Morgan fingerprint density at radius 1 is 1.33 bits per heavy atom. The fraction of sp³-hybridized carbons (Fsp3) is 0.923. The molecule has 1 fully saturated rings. The minimum Gasteiger partial charge on any atom is -0.459 e. The molecule has 18 heavy (non-hydrogen) atoms. The summed E-state index contributed by atoms with van der Waals surface area (Å²) in [6.45, 7) is 8.62. The van der Waals surface area contributed by atoms with E-state index in [1.807, 2.05) is 20.8 Å². The summed E-state index contributed by atoms with van der Waals surface area (Å²) in [6, 6.07) is 0. The topological polar surface area (TPSA) is 59.6 Å². The lowest BCUT2D eigenvalue weighted by molar-refractivity contribution is -0.164. The molecule has 1 aliphatic heterocycles. The maximum Gasteiger partial charge on any atom is 0.326 e. The molecular weight excluding hydrogens is 232 g/mol. The highest BCUT2D eigenvalue weighted by Crippen LogP contribution is 2.23. The molecule has 0 atom stereocenters. The first kappa shape index (κ1) is 15.4. The molecule has 0 aromatic carbocycles. The zero-order valence-corrected chi connectivity index (χ0v) is 12.0. The molecule has 0 amide bonds. The van der Waals surface area contributed by atoms with E-state index in [4.69, 9.17) is 9.47 Å². The van der Waals surface area contributed by atoms with Gasteiger partial charge in [0.25, 0.3) is 0 Å². The van der Waals surface area contributed by atoms with Gasteiger partial charge in [-0.2, -0.15) is 0 Å². The van der Waals surface area contributed by atoms with E-state index < -0.39 is 11.1 Å². The molecular formula is C13H26N2O3. The Hall–Kier alpha value is -0.650. The Bertz CT molecular complexity index is 268. The number of hydrogen-bond donors (Lipinski definition) is 2. The van der Waals surface area contributed by atoms with Crippen LogP contribution >= 0.6 is 0 Å². The Morgan fingerprint density at radius 2 is 1.94 bits per heavy atom. The molecule has 0 aliphatic carbocycles. The van der Waals surface area contributed by atoms with Crippen molar-refractivity contribution in [1.29, 1.82) is 0 Å². The summed E-state index contributed by atoms with van der Waals surface area (Å²) in [4.78, 5) is 12.4. The predicted octanol–water partition coefficient (Wildman–Crippen LogP) is 0.686. The SMILES string of the molecule is COCCNC1(C(=O)OC(C)(C)C)CCNCC1. The second-order valence-electron chi connectivity index (χ2n) is 5.75. The first-order valence-electron chi connectivity index (χ1n) is 6.58. The van der Waals surface area contributed by atoms with Gasteiger partial charge in [-0.25, -0.2) is 0 Å². The number of carbonyl (C=O) groups excluding carboxylic acids is 1. The van der Waals surface area contributed by atoms with Crippen LogP contribution in [-0.4, -0.2) is 50.5 Å². The average molecular weight is 258 g/mol. The summed E-state index contributed by atoms with van der Waals surface area (Å²) in [5.74, 6) is -0.146. The van der Waals surface area contributed by atoms with Gasteiger partial charge in [-0.05, 0) is 46.7 Å². The molecule has 1 rings (SSSR count). The first-order chi connectivity index (χ1) is 8.40. The highest BCUT2D eigenvalue weighted by Gasteiger charge is 2.41. The van der Waals surface area contributed by atoms with E-state index in [1.54, 1.807) is 7.11 Å². The van der Waals surface area contributed by atoms with E-state index in [9.17, 15) is 4.79 Å². The fourth-order valence-corrected chi connectivity index (χ4v) is 2.07. The molecule has 106 valence electrons. The van der Waals surface area contributed by atoms with Gasteiger partial charge < -0.3 is 14.8 Å². The summed E-state index contributed by atoms with van der Waals surface area (Å²) in [5, 5.41) is 6.59. The van der Waals surface area contributed by atoms with Crippen LogP contribution in [0.5, 0.6) is 0 Å². The van der Waals surface area contributed by atoms with Gasteiger partial charge in [0.05, 0.1) is 6.61 Å². The average Bonchev–Trinajstić information content (AvgIpc) is 2.28. The van der Waals surface area contributed by atoms with Crippen LogP contribution in [0.1, 0.15) is 33.6 Å². The molecule has 1 heterocycles. The largest absolute Gasteiger partial charge is 0.459 e. The number of piperidine rings is 1. The monoisotopic (exact) mass is 258 g/mol. The smallest absolute Gasteiger partial charge is 0.326 e. The minimum absolute atomic E-state index is 0.146. The standard InChI is InChI=1S/C13H26N2O3/c1-12(2,3)18-11(16)13(15-9-10-17-4)5-7-14-8-6-13/h14-15H,5-10H2,1-4H3. The van der Waals surface area contributed by atoms with Gasteiger partial charge in [0, 0.05) is 13.7 Å². The lowest BCUT2D eigenvalue weighted by Gasteiger charge is -2.38. The third-order valence-electron chi connectivity index (χ3n) is 3.02. The summed E-state index contributed by atoms with van der Waals surface area (Å²) >= 11 is 0. The highest BCUT2D eigenvalue weighted by atomic mass is 16.6. The van der Waals surface area contributed by atoms with E-state index in [-0.39, 0.29) is 5.97 Å². The molecule has 0 aromatic rings. The Balaban J connectivity index is 2.66. The first-order valence-corrected chi connectivity index (χ1v) is 6.58. The van der Waals surface area contributed by atoms with E-state index in [0.717, 1.165) is 25.9 Å². The molecule has 5 heteroatoms. The number of ether oxygens (including phenoxy) is 2. The van der Waals surface area contributed by atoms with Gasteiger partial charge in [0.15, 0.2) is 0 Å². The van der Waals surface area contributed by atoms with E-state index in [1.165, 1.54) is 0 Å².